The van der Waals surface area contributed by atoms with Gasteiger partial charge in [-0.2, -0.15) is 0 Å². The minimum atomic E-state index is 0.316. The summed E-state index contributed by atoms with van der Waals surface area (Å²) in [6.45, 7) is 3.18. The molecule has 4 heterocycles. The van der Waals surface area contributed by atoms with Crippen molar-refractivity contribution in [3.8, 4) is 40.9 Å². The Labute approximate surface area is 195 Å². The van der Waals surface area contributed by atoms with E-state index >= 15 is 0 Å². The van der Waals surface area contributed by atoms with Gasteiger partial charge in [-0.3, -0.25) is 4.57 Å². The normalized spacial score (nSPS) is 11.9. The van der Waals surface area contributed by atoms with Gasteiger partial charge in [-0.25, -0.2) is 4.98 Å². The Bertz CT molecular complexity index is 1540. The van der Waals surface area contributed by atoms with E-state index in [1.54, 1.807) is 6.33 Å². The number of hydrogen-bond donors (Lipinski definition) is 0. The molecule has 0 spiro atoms. The predicted octanol–water partition coefficient (Wildman–Crippen LogP) is 4.15. The predicted molar refractivity (Wildman–Crippen MR) is 125 cm³/mol. The van der Waals surface area contributed by atoms with Crippen molar-refractivity contribution in [1.29, 1.82) is 0 Å². The largest absolute Gasteiger partial charge is 0.369 e. The Kier molecular flexibility index (Phi) is 4.82. The summed E-state index contributed by atoms with van der Waals surface area (Å²) >= 11 is 0. The van der Waals surface area contributed by atoms with Crippen LogP contribution in [0.2, 0.25) is 0 Å². The number of benzene rings is 2. The molecule has 8 nitrogen and oxygen atoms in total. The van der Waals surface area contributed by atoms with Crippen molar-refractivity contribution in [2.45, 2.75) is 26.7 Å². The van der Waals surface area contributed by atoms with E-state index in [0.717, 1.165) is 51.1 Å². The molecule has 3 aromatic heterocycles. The molecule has 1 aliphatic heterocycles. The summed E-state index contributed by atoms with van der Waals surface area (Å²) in [5, 5.41) is 13.0. The molecule has 0 amide bonds. The molecular weight excluding hydrogens is 428 g/mol. The Balaban J connectivity index is 1.44. The number of ether oxygens (including phenoxy) is 1. The quantitative estimate of drug-likeness (QED) is 0.369. The third-order valence-corrected chi connectivity index (χ3v) is 5.87. The van der Waals surface area contributed by atoms with E-state index < -0.39 is 0 Å². The van der Waals surface area contributed by atoms with Gasteiger partial charge in [-0.15, -0.1) is 16.6 Å². The first-order valence-corrected chi connectivity index (χ1v) is 10.9. The van der Waals surface area contributed by atoms with E-state index in [-0.39, 0.29) is 0 Å². The zero-order valence-corrected chi connectivity index (χ0v) is 18.5. The van der Waals surface area contributed by atoms with Crippen LogP contribution in [0.25, 0.3) is 28.5 Å². The van der Waals surface area contributed by atoms with Gasteiger partial charge in [0.25, 0.3) is 0 Å². The lowest BCUT2D eigenvalue weighted by Crippen LogP contribution is -2.09. The molecule has 0 fully saturated rings. The van der Waals surface area contributed by atoms with Crippen molar-refractivity contribution in [2.75, 3.05) is 0 Å². The lowest BCUT2D eigenvalue weighted by molar-refractivity contribution is 0.0994. The summed E-state index contributed by atoms with van der Waals surface area (Å²) in [6, 6.07) is 17.8. The number of nitrogens with zero attached hydrogens (tertiary/aromatic N) is 6. The van der Waals surface area contributed by atoms with Gasteiger partial charge in [0.2, 0.25) is 0 Å². The molecule has 8 heteroatoms. The summed E-state index contributed by atoms with van der Waals surface area (Å²) in [5.74, 6) is 4.78. The second kappa shape index (κ2) is 8.14. The maximum absolute atomic E-state index is 5.98. The molecule has 0 saturated heterocycles. The maximum Gasteiger partial charge on any atom is 0.187 e. The fraction of sp³-hybridized carbons (Fsp3) is 0.154. The minimum absolute atomic E-state index is 0.316. The number of hydrogen-bond acceptors (Lipinski definition) is 6. The topological polar surface area (TPSA) is 83.8 Å². The van der Waals surface area contributed by atoms with Crippen LogP contribution in [-0.2, 0) is 24.5 Å². The molecule has 1 aliphatic rings. The molecule has 5 aromatic rings. The van der Waals surface area contributed by atoms with E-state index in [2.05, 4.69) is 30.8 Å². The fourth-order valence-electron chi connectivity index (χ4n) is 4.22. The molecule has 0 bridgehead atoms. The monoisotopic (exact) mass is 448 g/mol. The molecule has 6 rings (SSSR count). The Morgan fingerprint density at radius 3 is 2.76 bits per heavy atom. The smallest absolute Gasteiger partial charge is 0.187 e. The van der Waals surface area contributed by atoms with E-state index in [9.17, 15) is 0 Å². The van der Waals surface area contributed by atoms with Crippen LogP contribution in [0.5, 0.6) is 0 Å². The lowest BCUT2D eigenvalue weighted by Gasteiger charge is -2.09. The van der Waals surface area contributed by atoms with E-state index in [0.29, 0.717) is 25.5 Å². The first-order chi connectivity index (χ1) is 16.7. The van der Waals surface area contributed by atoms with Crippen LogP contribution in [0, 0.1) is 19.3 Å². The SMILES string of the molecule is C#Cc1ccc2c(c1)-c1nnc(COCc3ccccc3)n1Cc1c(-c3cc(C)no3)ncn1-2. The number of fused-ring (bicyclic) bond motifs is 5. The second-order valence-corrected chi connectivity index (χ2v) is 8.12. The molecule has 34 heavy (non-hydrogen) atoms. The van der Waals surface area contributed by atoms with Gasteiger partial charge in [0, 0.05) is 17.2 Å². The molecular formula is C26H20N6O2. The third-order valence-electron chi connectivity index (χ3n) is 5.87. The Morgan fingerprint density at radius 1 is 1.09 bits per heavy atom. The maximum atomic E-state index is 5.98. The second-order valence-electron chi connectivity index (χ2n) is 8.12. The first kappa shape index (κ1) is 20.1. The van der Waals surface area contributed by atoms with Crippen LogP contribution in [0.4, 0.5) is 0 Å². The van der Waals surface area contributed by atoms with Gasteiger partial charge in [-0.05, 0) is 30.7 Å². The highest BCUT2D eigenvalue weighted by Gasteiger charge is 2.27. The average Bonchev–Trinajstić information content (AvgIpc) is 3.57. The molecule has 0 unspecified atom stereocenters. The van der Waals surface area contributed by atoms with Crippen molar-refractivity contribution < 1.29 is 9.26 Å². The number of aromatic nitrogens is 6. The van der Waals surface area contributed by atoms with Gasteiger partial charge in [-0.1, -0.05) is 41.4 Å². The number of terminal acetylenes is 1. The Morgan fingerprint density at radius 2 is 1.97 bits per heavy atom. The molecule has 166 valence electrons. The van der Waals surface area contributed by atoms with E-state index in [4.69, 9.17) is 15.7 Å². The van der Waals surface area contributed by atoms with Crippen molar-refractivity contribution >= 4 is 0 Å². The van der Waals surface area contributed by atoms with Crippen LogP contribution < -0.4 is 0 Å². The van der Waals surface area contributed by atoms with Crippen molar-refractivity contribution in [3.63, 3.8) is 0 Å². The number of rotatable bonds is 5. The average molecular weight is 448 g/mol. The van der Waals surface area contributed by atoms with E-state index in [1.807, 2.05) is 66.1 Å². The summed E-state index contributed by atoms with van der Waals surface area (Å²) in [6.07, 6.45) is 7.49. The molecule has 0 radical (unpaired) electrons. The Hall–Kier alpha value is -4.48. The van der Waals surface area contributed by atoms with E-state index in [1.165, 1.54) is 0 Å². The van der Waals surface area contributed by atoms with Gasteiger partial charge >= 0.3 is 0 Å². The summed E-state index contributed by atoms with van der Waals surface area (Å²) < 4.78 is 15.6. The number of imidazole rings is 1. The standard InChI is InChI=1S/C26H20N6O2/c1-3-18-9-10-21-20(12-18)26-29-28-24(15-33-14-19-7-5-4-6-8-19)31(26)13-22-25(27-16-32(21)22)23-11-17(2)30-34-23/h1,4-12,16H,13-15H2,2H3. The molecule has 2 aromatic carbocycles. The van der Waals surface area contributed by atoms with Gasteiger partial charge in [0.05, 0.1) is 30.2 Å². The number of aryl methyl sites for hydroxylation is 1. The summed E-state index contributed by atoms with van der Waals surface area (Å²) in [5.41, 5.74) is 6.14. The van der Waals surface area contributed by atoms with Crippen LogP contribution >= 0.6 is 0 Å². The van der Waals surface area contributed by atoms with Crippen molar-refractivity contribution in [2.24, 2.45) is 0 Å². The summed E-state index contributed by atoms with van der Waals surface area (Å²) in [7, 11) is 0. The third kappa shape index (κ3) is 3.39. The zero-order valence-electron chi connectivity index (χ0n) is 18.5. The highest BCUT2D eigenvalue weighted by Crippen LogP contribution is 2.35. The molecule has 0 aliphatic carbocycles. The molecule has 0 N–H and O–H groups in total. The van der Waals surface area contributed by atoms with Crippen molar-refractivity contribution in [3.05, 3.63) is 89.3 Å². The van der Waals surface area contributed by atoms with Crippen LogP contribution in [-0.4, -0.2) is 29.5 Å². The van der Waals surface area contributed by atoms with Crippen molar-refractivity contribution in [1.82, 2.24) is 29.5 Å². The van der Waals surface area contributed by atoms with Gasteiger partial charge in [0.1, 0.15) is 18.6 Å². The zero-order chi connectivity index (χ0) is 23.1. The van der Waals surface area contributed by atoms with Crippen LogP contribution in [0.3, 0.4) is 0 Å². The van der Waals surface area contributed by atoms with Gasteiger partial charge < -0.3 is 13.8 Å². The molecule has 0 saturated carbocycles. The first-order valence-electron chi connectivity index (χ1n) is 10.9. The molecule has 0 atom stereocenters. The van der Waals surface area contributed by atoms with Gasteiger partial charge in [0.15, 0.2) is 17.4 Å². The summed E-state index contributed by atoms with van der Waals surface area (Å²) in [4.78, 5) is 4.66. The minimum Gasteiger partial charge on any atom is -0.369 e. The van der Waals surface area contributed by atoms with Crippen LogP contribution in [0.1, 0.15) is 28.3 Å². The van der Waals surface area contributed by atoms with Crippen LogP contribution in [0.15, 0.2) is 65.4 Å². The highest BCUT2D eigenvalue weighted by molar-refractivity contribution is 5.73. The highest BCUT2D eigenvalue weighted by atomic mass is 16.5. The lowest BCUT2D eigenvalue weighted by atomic mass is 10.1. The fourth-order valence-corrected chi connectivity index (χ4v) is 4.22.